The molecule has 1 aliphatic heterocycles. The molecule has 0 aromatic carbocycles. The minimum atomic E-state index is -1.08. The fraction of sp³-hybridized carbons (Fsp3) is 0.333. The van der Waals surface area contributed by atoms with Crippen molar-refractivity contribution in [2.75, 3.05) is 0 Å². The quantitative estimate of drug-likeness (QED) is 0.568. The maximum atomic E-state index is 10.6. The topological polar surface area (TPSA) is 75.7 Å². The molecule has 0 aromatic heterocycles. The van der Waals surface area contributed by atoms with Gasteiger partial charge < -0.3 is 10.8 Å². The van der Waals surface area contributed by atoms with Gasteiger partial charge in [0.2, 0.25) is 5.91 Å². The molecule has 60 valence electrons. The number of hydrogen-bond donors (Lipinski definition) is 2. The SMILES string of the molecule is NC(=O)C1C=CN=C(Cl)[C@@H]1O. The third kappa shape index (κ3) is 1.58. The second-order valence-corrected chi connectivity index (χ2v) is 2.55. The van der Waals surface area contributed by atoms with Gasteiger partial charge in [-0.05, 0) is 0 Å². The molecule has 1 amide bonds. The van der Waals surface area contributed by atoms with Crippen LogP contribution in [0.15, 0.2) is 17.3 Å². The van der Waals surface area contributed by atoms with Gasteiger partial charge in [-0.2, -0.15) is 0 Å². The molecule has 0 radical (unpaired) electrons. The van der Waals surface area contributed by atoms with E-state index in [0.717, 1.165) is 0 Å². The predicted octanol–water partition coefficient (Wildman–Crippen LogP) is -0.387. The van der Waals surface area contributed by atoms with Gasteiger partial charge in [-0.25, -0.2) is 4.99 Å². The van der Waals surface area contributed by atoms with Crippen molar-refractivity contribution in [1.29, 1.82) is 0 Å². The fourth-order valence-electron chi connectivity index (χ4n) is 0.787. The number of halogens is 1. The van der Waals surface area contributed by atoms with E-state index in [9.17, 15) is 9.90 Å². The highest BCUT2D eigenvalue weighted by Crippen LogP contribution is 2.14. The third-order valence-corrected chi connectivity index (χ3v) is 1.73. The van der Waals surface area contributed by atoms with Crippen LogP contribution in [0.25, 0.3) is 0 Å². The summed E-state index contributed by atoms with van der Waals surface area (Å²) in [6, 6.07) is 0. The zero-order valence-electron chi connectivity index (χ0n) is 5.57. The zero-order chi connectivity index (χ0) is 8.43. The van der Waals surface area contributed by atoms with Gasteiger partial charge in [-0.15, -0.1) is 0 Å². The summed E-state index contributed by atoms with van der Waals surface area (Å²) in [6.07, 6.45) is 1.68. The first-order chi connectivity index (χ1) is 5.13. The van der Waals surface area contributed by atoms with Crippen LogP contribution in [0.3, 0.4) is 0 Å². The largest absolute Gasteiger partial charge is 0.385 e. The Labute approximate surface area is 68.4 Å². The van der Waals surface area contributed by atoms with E-state index in [-0.39, 0.29) is 5.17 Å². The van der Waals surface area contributed by atoms with Crippen LogP contribution in [0.4, 0.5) is 0 Å². The van der Waals surface area contributed by atoms with Gasteiger partial charge in [0, 0.05) is 6.20 Å². The lowest BCUT2D eigenvalue weighted by molar-refractivity contribution is -0.122. The molecule has 1 aliphatic rings. The number of aliphatic imine (C=N–C) groups is 1. The number of nitrogens with zero attached hydrogens (tertiary/aromatic N) is 1. The van der Waals surface area contributed by atoms with Crippen LogP contribution in [0, 0.1) is 5.92 Å². The number of hydrogen-bond acceptors (Lipinski definition) is 3. The van der Waals surface area contributed by atoms with E-state index in [1.54, 1.807) is 0 Å². The van der Waals surface area contributed by atoms with Gasteiger partial charge >= 0.3 is 0 Å². The van der Waals surface area contributed by atoms with Crippen LogP contribution in [0.1, 0.15) is 0 Å². The smallest absolute Gasteiger partial charge is 0.227 e. The van der Waals surface area contributed by atoms with Crippen LogP contribution in [0.5, 0.6) is 0 Å². The van der Waals surface area contributed by atoms with Crippen LogP contribution < -0.4 is 5.73 Å². The Bertz CT molecular complexity index is 237. The van der Waals surface area contributed by atoms with E-state index in [1.807, 2.05) is 0 Å². The van der Waals surface area contributed by atoms with Crippen molar-refractivity contribution in [2.24, 2.45) is 16.6 Å². The zero-order valence-corrected chi connectivity index (χ0v) is 6.32. The van der Waals surface area contributed by atoms with Crippen molar-refractivity contribution in [2.45, 2.75) is 6.10 Å². The van der Waals surface area contributed by atoms with E-state index < -0.39 is 17.9 Å². The molecule has 1 rings (SSSR count). The molecule has 4 nitrogen and oxygen atoms in total. The van der Waals surface area contributed by atoms with Gasteiger partial charge in [0.25, 0.3) is 0 Å². The van der Waals surface area contributed by atoms with E-state index in [2.05, 4.69) is 4.99 Å². The fourth-order valence-corrected chi connectivity index (χ4v) is 0.979. The first-order valence-electron chi connectivity index (χ1n) is 3.00. The summed E-state index contributed by atoms with van der Waals surface area (Å²) in [7, 11) is 0. The lowest BCUT2D eigenvalue weighted by atomic mass is 10.0. The summed E-state index contributed by atoms with van der Waals surface area (Å²) >= 11 is 5.45. The van der Waals surface area contributed by atoms with E-state index in [0.29, 0.717) is 0 Å². The molecule has 3 N–H and O–H groups in total. The number of rotatable bonds is 1. The Hall–Kier alpha value is -0.870. The number of primary amides is 1. The standard InChI is InChI=1S/C6H7ClN2O2/c7-5-4(10)3(6(8)11)1-2-9-5/h1-4,10H,(H2,8,11)/t3?,4-/m1/s1. The van der Waals surface area contributed by atoms with E-state index in [1.165, 1.54) is 12.3 Å². The molecule has 0 bridgehead atoms. The van der Waals surface area contributed by atoms with E-state index in [4.69, 9.17) is 17.3 Å². The molecule has 11 heavy (non-hydrogen) atoms. The first kappa shape index (κ1) is 8.23. The van der Waals surface area contributed by atoms with Crippen molar-refractivity contribution in [3.8, 4) is 0 Å². The van der Waals surface area contributed by atoms with Gasteiger partial charge in [0.1, 0.15) is 11.3 Å². The molecular weight excluding hydrogens is 168 g/mol. The Morgan fingerprint density at radius 3 is 2.91 bits per heavy atom. The van der Waals surface area contributed by atoms with Crippen molar-refractivity contribution < 1.29 is 9.90 Å². The maximum absolute atomic E-state index is 10.6. The highest BCUT2D eigenvalue weighted by molar-refractivity contribution is 6.66. The number of amides is 1. The molecule has 0 saturated carbocycles. The summed E-state index contributed by atoms with van der Waals surface area (Å²) in [5.41, 5.74) is 4.96. The summed E-state index contributed by atoms with van der Waals surface area (Å²) in [4.78, 5) is 14.2. The second kappa shape index (κ2) is 3.02. The molecule has 0 fully saturated rings. The summed E-state index contributed by atoms with van der Waals surface area (Å²) in [5, 5.41) is 9.19. The molecule has 0 aliphatic carbocycles. The van der Waals surface area contributed by atoms with Gasteiger partial charge in [0.15, 0.2) is 0 Å². The highest BCUT2D eigenvalue weighted by Gasteiger charge is 2.27. The van der Waals surface area contributed by atoms with Crippen molar-refractivity contribution >= 4 is 22.7 Å². The normalized spacial score (nSPS) is 29.8. The summed E-state index contributed by atoms with van der Waals surface area (Å²) in [5.74, 6) is -1.36. The average molecular weight is 175 g/mol. The minimum absolute atomic E-state index is 0.00343. The minimum Gasteiger partial charge on any atom is -0.385 e. The highest BCUT2D eigenvalue weighted by atomic mass is 35.5. The summed E-state index contributed by atoms with van der Waals surface area (Å²) < 4.78 is 0. The molecule has 1 heterocycles. The summed E-state index contributed by atoms with van der Waals surface area (Å²) in [6.45, 7) is 0. The Morgan fingerprint density at radius 1 is 1.82 bits per heavy atom. The van der Waals surface area contributed by atoms with Crippen molar-refractivity contribution in [1.82, 2.24) is 0 Å². The molecular formula is C6H7ClN2O2. The number of aliphatic hydroxyl groups is 1. The van der Waals surface area contributed by atoms with Crippen molar-refractivity contribution in [3.63, 3.8) is 0 Å². The average Bonchev–Trinajstić information content (AvgIpc) is 1.94. The van der Waals surface area contributed by atoms with Crippen LogP contribution in [-0.2, 0) is 4.79 Å². The Kier molecular flexibility index (Phi) is 2.26. The van der Waals surface area contributed by atoms with Gasteiger partial charge in [-0.3, -0.25) is 4.79 Å². The lowest BCUT2D eigenvalue weighted by Crippen LogP contribution is -2.36. The maximum Gasteiger partial charge on any atom is 0.227 e. The Balaban J connectivity index is 2.81. The number of carbonyl (C=O) groups excluding carboxylic acids is 1. The molecule has 5 heteroatoms. The molecule has 0 aromatic rings. The van der Waals surface area contributed by atoms with Gasteiger partial charge in [0.05, 0.1) is 5.92 Å². The van der Waals surface area contributed by atoms with Crippen LogP contribution >= 0.6 is 11.6 Å². The van der Waals surface area contributed by atoms with E-state index >= 15 is 0 Å². The van der Waals surface area contributed by atoms with Gasteiger partial charge in [-0.1, -0.05) is 17.7 Å². The molecule has 2 atom stereocenters. The number of aliphatic hydroxyl groups excluding tert-OH is 1. The predicted molar refractivity (Wildman–Crippen MR) is 41.1 cm³/mol. The molecule has 0 saturated heterocycles. The first-order valence-corrected chi connectivity index (χ1v) is 3.38. The molecule has 1 unspecified atom stereocenters. The number of nitrogens with two attached hydrogens (primary N) is 1. The Morgan fingerprint density at radius 2 is 2.45 bits per heavy atom. The van der Waals surface area contributed by atoms with Crippen molar-refractivity contribution in [3.05, 3.63) is 12.3 Å². The monoisotopic (exact) mass is 174 g/mol. The van der Waals surface area contributed by atoms with Crippen LogP contribution in [-0.4, -0.2) is 22.3 Å². The molecule has 0 spiro atoms. The lowest BCUT2D eigenvalue weighted by Gasteiger charge is -2.17. The second-order valence-electron chi connectivity index (χ2n) is 2.17. The third-order valence-electron chi connectivity index (χ3n) is 1.40. The number of carbonyl (C=O) groups is 1. The van der Waals surface area contributed by atoms with Crippen LogP contribution in [0.2, 0.25) is 0 Å².